The van der Waals surface area contributed by atoms with Gasteiger partial charge in [-0.05, 0) is 42.7 Å². The zero-order valence-corrected chi connectivity index (χ0v) is 12.8. The lowest BCUT2D eigenvalue weighted by Crippen LogP contribution is -2.36. The van der Waals surface area contributed by atoms with E-state index in [2.05, 4.69) is 15.2 Å². The number of hydrogen-bond acceptors (Lipinski definition) is 3. The molecular formula is C18H15FN4O. The number of benzene rings is 1. The molecule has 4 rings (SSSR count). The Morgan fingerprint density at radius 1 is 1.17 bits per heavy atom. The Kier molecular flexibility index (Phi) is 3.37. The Balaban J connectivity index is 1.76. The molecule has 1 aliphatic carbocycles. The van der Waals surface area contributed by atoms with Crippen molar-refractivity contribution in [2.75, 3.05) is 4.90 Å². The second kappa shape index (κ2) is 5.56. The summed E-state index contributed by atoms with van der Waals surface area (Å²) in [5, 5.41) is 6.67. The van der Waals surface area contributed by atoms with Crippen molar-refractivity contribution in [3.8, 4) is 0 Å². The highest BCUT2D eigenvalue weighted by Crippen LogP contribution is 2.51. The maximum absolute atomic E-state index is 13.4. The van der Waals surface area contributed by atoms with Crippen molar-refractivity contribution in [3.05, 3.63) is 72.4 Å². The Morgan fingerprint density at radius 3 is 2.54 bits per heavy atom. The van der Waals surface area contributed by atoms with Crippen molar-refractivity contribution in [1.29, 1.82) is 0 Å². The van der Waals surface area contributed by atoms with Gasteiger partial charge in [-0.3, -0.25) is 14.8 Å². The number of hydrogen-bond donors (Lipinski definition) is 1. The topological polar surface area (TPSA) is 61.9 Å². The SMILES string of the molecule is O=C(N(c1cn[nH]c1)c1ccccn1)C1(c2ccc(F)cc2)CC1. The average Bonchev–Trinajstić information content (AvgIpc) is 3.26. The highest BCUT2D eigenvalue weighted by atomic mass is 19.1. The Labute approximate surface area is 138 Å². The third-order valence-electron chi connectivity index (χ3n) is 4.38. The van der Waals surface area contributed by atoms with Gasteiger partial charge in [0.2, 0.25) is 5.91 Å². The van der Waals surface area contributed by atoms with Crippen LogP contribution in [0.3, 0.4) is 0 Å². The van der Waals surface area contributed by atoms with Crippen molar-refractivity contribution in [1.82, 2.24) is 15.2 Å². The fraction of sp³-hybridized carbons (Fsp3) is 0.167. The highest BCUT2D eigenvalue weighted by molar-refractivity contribution is 6.07. The first kappa shape index (κ1) is 14.6. The molecule has 5 nitrogen and oxygen atoms in total. The summed E-state index contributed by atoms with van der Waals surface area (Å²) in [4.78, 5) is 19.2. The molecule has 120 valence electrons. The van der Waals surface area contributed by atoms with Crippen LogP contribution in [0.25, 0.3) is 0 Å². The lowest BCUT2D eigenvalue weighted by molar-refractivity contribution is -0.120. The molecule has 1 N–H and O–H groups in total. The zero-order valence-electron chi connectivity index (χ0n) is 12.8. The molecule has 1 aliphatic rings. The molecule has 1 fully saturated rings. The largest absolute Gasteiger partial charge is 0.284 e. The van der Waals surface area contributed by atoms with Crippen molar-refractivity contribution in [2.24, 2.45) is 0 Å². The van der Waals surface area contributed by atoms with Crippen LogP contribution in [0.2, 0.25) is 0 Å². The average molecular weight is 322 g/mol. The molecule has 2 heterocycles. The van der Waals surface area contributed by atoms with Crippen LogP contribution in [0.1, 0.15) is 18.4 Å². The quantitative estimate of drug-likeness (QED) is 0.801. The molecule has 24 heavy (non-hydrogen) atoms. The molecule has 0 saturated heterocycles. The predicted molar refractivity (Wildman–Crippen MR) is 87.3 cm³/mol. The molecule has 1 saturated carbocycles. The molecule has 0 bridgehead atoms. The maximum atomic E-state index is 13.4. The lowest BCUT2D eigenvalue weighted by Gasteiger charge is -2.25. The van der Waals surface area contributed by atoms with E-state index in [0.29, 0.717) is 11.5 Å². The van der Waals surface area contributed by atoms with Crippen LogP contribution in [0.5, 0.6) is 0 Å². The van der Waals surface area contributed by atoms with Crippen LogP contribution in [-0.4, -0.2) is 21.1 Å². The molecule has 1 aromatic carbocycles. The fourth-order valence-corrected chi connectivity index (χ4v) is 2.94. The number of halogens is 1. The molecule has 1 amide bonds. The number of pyridine rings is 1. The van der Waals surface area contributed by atoms with Gasteiger partial charge >= 0.3 is 0 Å². The van der Waals surface area contributed by atoms with E-state index in [-0.39, 0.29) is 11.7 Å². The number of amides is 1. The summed E-state index contributed by atoms with van der Waals surface area (Å²) in [5.74, 6) is 0.157. The van der Waals surface area contributed by atoms with Crippen molar-refractivity contribution in [2.45, 2.75) is 18.3 Å². The third-order valence-corrected chi connectivity index (χ3v) is 4.38. The summed E-state index contributed by atoms with van der Waals surface area (Å²) < 4.78 is 13.2. The molecular weight excluding hydrogens is 307 g/mol. The minimum Gasteiger partial charge on any atom is -0.284 e. The number of aromatic nitrogens is 3. The molecule has 0 radical (unpaired) electrons. The van der Waals surface area contributed by atoms with Gasteiger partial charge in [0.1, 0.15) is 11.6 Å². The third kappa shape index (κ3) is 2.36. The van der Waals surface area contributed by atoms with Crippen LogP contribution >= 0.6 is 0 Å². The fourth-order valence-electron chi connectivity index (χ4n) is 2.94. The molecule has 3 aromatic rings. The van der Waals surface area contributed by atoms with Gasteiger partial charge in [-0.25, -0.2) is 9.37 Å². The zero-order chi connectivity index (χ0) is 16.6. The van der Waals surface area contributed by atoms with Crippen LogP contribution < -0.4 is 4.90 Å². The van der Waals surface area contributed by atoms with Crippen LogP contribution in [-0.2, 0) is 10.2 Å². The van der Waals surface area contributed by atoms with Crippen molar-refractivity contribution in [3.63, 3.8) is 0 Å². The molecule has 2 aromatic heterocycles. The lowest BCUT2D eigenvalue weighted by atomic mass is 9.94. The standard InChI is InChI=1S/C18H15FN4O/c19-14-6-4-13(5-7-14)18(8-9-18)17(24)23(15-11-21-22-12-15)16-3-1-2-10-20-16/h1-7,10-12H,8-9H2,(H,21,22). The van der Waals surface area contributed by atoms with Gasteiger partial charge in [-0.1, -0.05) is 18.2 Å². The number of carbonyl (C=O) groups excluding carboxylic acids is 1. The van der Waals surface area contributed by atoms with E-state index >= 15 is 0 Å². The Bertz CT molecular complexity index is 842. The molecule has 6 heteroatoms. The second-order valence-corrected chi connectivity index (χ2v) is 5.87. The maximum Gasteiger partial charge on any atom is 0.243 e. The van der Waals surface area contributed by atoms with E-state index in [1.807, 2.05) is 6.07 Å². The van der Waals surface area contributed by atoms with Gasteiger partial charge in [0, 0.05) is 12.4 Å². The normalized spacial score (nSPS) is 15.0. The van der Waals surface area contributed by atoms with E-state index < -0.39 is 5.41 Å². The van der Waals surface area contributed by atoms with Gasteiger partial charge < -0.3 is 0 Å². The van der Waals surface area contributed by atoms with E-state index in [4.69, 9.17) is 0 Å². The van der Waals surface area contributed by atoms with Gasteiger partial charge in [0.25, 0.3) is 0 Å². The highest BCUT2D eigenvalue weighted by Gasteiger charge is 2.53. The number of carbonyl (C=O) groups is 1. The van der Waals surface area contributed by atoms with Crippen LogP contribution in [0.4, 0.5) is 15.9 Å². The molecule has 0 atom stereocenters. The van der Waals surface area contributed by atoms with Gasteiger partial charge in [-0.15, -0.1) is 0 Å². The van der Waals surface area contributed by atoms with Crippen molar-refractivity contribution < 1.29 is 9.18 Å². The first-order valence-corrected chi connectivity index (χ1v) is 7.71. The first-order chi connectivity index (χ1) is 11.7. The predicted octanol–water partition coefficient (Wildman–Crippen LogP) is 3.34. The minimum absolute atomic E-state index is 0.0748. The summed E-state index contributed by atoms with van der Waals surface area (Å²) >= 11 is 0. The number of nitrogens with zero attached hydrogens (tertiary/aromatic N) is 3. The number of aromatic amines is 1. The van der Waals surface area contributed by atoms with E-state index in [9.17, 15) is 9.18 Å². The minimum atomic E-state index is -0.623. The summed E-state index contributed by atoms with van der Waals surface area (Å²) in [7, 11) is 0. The summed E-state index contributed by atoms with van der Waals surface area (Å²) in [6, 6.07) is 11.6. The molecule has 0 spiro atoms. The number of rotatable bonds is 4. The smallest absolute Gasteiger partial charge is 0.243 e. The van der Waals surface area contributed by atoms with Crippen molar-refractivity contribution >= 4 is 17.4 Å². The number of anilines is 2. The summed E-state index contributed by atoms with van der Waals surface area (Å²) in [5.41, 5.74) is 0.841. The van der Waals surface area contributed by atoms with E-state index in [1.54, 1.807) is 47.8 Å². The first-order valence-electron chi connectivity index (χ1n) is 7.71. The second-order valence-electron chi connectivity index (χ2n) is 5.87. The Morgan fingerprint density at radius 2 is 1.96 bits per heavy atom. The number of H-pyrrole nitrogens is 1. The monoisotopic (exact) mass is 322 g/mol. The van der Waals surface area contributed by atoms with Gasteiger partial charge in [-0.2, -0.15) is 5.10 Å². The van der Waals surface area contributed by atoms with Crippen LogP contribution in [0, 0.1) is 5.82 Å². The summed E-state index contributed by atoms with van der Waals surface area (Å²) in [6.07, 6.45) is 6.37. The van der Waals surface area contributed by atoms with E-state index in [1.165, 1.54) is 12.1 Å². The molecule has 0 aliphatic heterocycles. The number of nitrogens with one attached hydrogen (secondary N) is 1. The van der Waals surface area contributed by atoms with E-state index in [0.717, 1.165) is 18.4 Å². The van der Waals surface area contributed by atoms with Gasteiger partial charge in [0.05, 0.1) is 17.3 Å². The van der Waals surface area contributed by atoms with Gasteiger partial charge in [0.15, 0.2) is 0 Å². The molecule has 0 unspecified atom stereocenters. The van der Waals surface area contributed by atoms with Crippen LogP contribution in [0.15, 0.2) is 61.1 Å². The Hall–Kier alpha value is -3.02. The summed E-state index contributed by atoms with van der Waals surface area (Å²) in [6.45, 7) is 0.